The highest BCUT2D eigenvalue weighted by atomic mass is 32.1. The number of esters is 1. The third-order valence-corrected chi connectivity index (χ3v) is 5.92. The lowest BCUT2D eigenvalue weighted by molar-refractivity contribution is -0.118. The summed E-state index contributed by atoms with van der Waals surface area (Å²) in [5.41, 5.74) is 7.02. The number of hydrogen-bond donors (Lipinski definition) is 2. The van der Waals surface area contributed by atoms with E-state index in [9.17, 15) is 14.4 Å². The van der Waals surface area contributed by atoms with Crippen LogP contribution in [0.1, 0.15) is 51.4 Å². The Hall–Kier alpha value is -2.87. The number of benzene rings is 1. The number of nitrogens with one attached hydrogen (secondary N) is 1. The Morgan fingerprint density at radius 1 is 1.24 bits per heavy atom. The smallest absolute Gasteiger partial charge is 0.341 e. The SMILES string of the molecule is CCOC(=O)c1c(NC(=O)COc2ccc(C(N)=O)cc2)sc2c1CC[C@H](C)C2. The van der Waals surface area contributed by atoms with Crippen molar-refractivity contribution in [3.05, 3.63) is 45.8 Å². The van der Waals surface area contributed by atoms with Crippen molar-refractivity contribution in [2.45, 2.75) is 33.1 Å². The summed E-state index contributed by atoms with van der Waals surface area (Å²) in [7, 11) is 0. The number of thiophene rings is 1. The summed E-state index contributed by atoms with van der Waals surface area (Å²) >= 11 is 1.44. The van der Waals surface area contributed by atoms with Crippen molar-refractivity contribution in [2.24, 2.45) is 11.7 Å². The van der Waals surface area contributed by atoms with Crippen molar-refractivity contribution < 1.29 is 23.9 Å². The first kappa shape index (κ1) is 20.9. The second kappa shape index (κ2) is 9.09. The van der Waals surface area contributed by atoms with E-state index < -0.39 is 11.9 Å². The number of hydrogen-bond acceptors (Lipinski definition) is 6. The van der Waals surface area contributed by atoms with Crippen molar-refractivity contribution in [3.8, 4) is 5.75 Å². The van der Waals surface area contributed by atoms with E-state index in [-0.39, 0.29) is 19.1 Å². The minimum absolute atomic E-state index is 0.225. The van der Waals surface area contributed by atoms with E-state index in [0.29, 0.717) is 27.8 Å². The van der Waals surface area contributed by atoms with Crippen molar-refractivity contribution in [1.29, 1.82) is 0 Å². The van der Waals surface area contributed by atoms with Gasteiger partial charge in [0.05, 0.1) is 12.2 Å². The molecule has 1 aliphatic carbocycles. The Morgan fingerprint density at radius 2 is 1.97 bits per heavy atom. The molecule has 0 saturated heterocycles. The molecule has 3 rings (SSSR count). The van der Waals surface area contributed by atoms with Gasteiger partial charge in [-0.1, -0.05) is 6.92 Å². The van der Waals surface area contributed by atoms with Crippen LogP contribution in [0, 0.1) is 5.92 Å². The van der Waals surface area contributed by atoms with Gasteiger partial charge in [0.15, 0.2) is 6.61 Å². The molecule has 0 saturated carbocycles. The van der Waals surface area contributed by atoms with Crippen molar-refractivity contribution in [3.63, 3.8) is 0 Å². The molecule has 1 heterocycles. The van der Waals surface area contributed by atoms with Gasteiger partial charge in [0.25, 0.3) is 5.91 Å². The van der Waals surface area contributed by atoms with Crippen LogP contribution >= 0.6 is 11.3 Å². The van der Waals surface area contributed by atoms with Gasteiger partial charge in [0.1, 0.15) is 10.8 Å². The van der Waals surface area contributed by atoms with Crippen LogP contribution in [0.4, 0.5) is 5.00 Å². The Labute approximate surface area is 173 Å². The maximum atomic E-state index is 12.5. The largest absolute Gasteiger partial charge is 0.484 e. The van der Waals surface area contributed by atoms with E-state index in [1.54, 1.807) is 19.1 Å². The van der Waals surface area contributed by atoms with Crippen LogP contribution in [0.2, 0.25) is 0 Å². The average molecular weight is 416 g/mol. The first-order valence-corrected chi connectivity index (χ1v) is 10.3. The van der Waals surface area contributed by atoms with Crippen LogP contribution in [-0.4, -0.2) is 31.0 Å². The van der Waals surface area contributed by atoms with Crippen LogP contribution in [0.3, 0.4) is 0 Å². The molecule has 8 heteroatoms. The maximum Gasteiger partial charge on any atom is 0.341 e. The molecule has 0 unspecified atom stereocenters. The Morgan fingerprint density at radius 3 is 2.62 bits per heavy atom. The second-order valence-electron chi connectivity index (χ2n) is 7.00. The highest BCUT2D eigenvalue weighted by Crippen LogP contribution is 2.40. The van der Waals surface area contributed by atoms with Crippen LogP contribution in [0.15, 0.2) is 24.3 Å². The molecule has 1 aliphatic rings. The summed E-state index contributed by atoms with van der Waals surface area (Å²) in [5.74, 6) is -0.322. The predicted octanol–water partition coefficient (Wildman–Crippen LogP) is 3.17. The molecule has 2 aromatic rings. The number of rotatable bonds is 7. The molecule has 1 aromatic heterocycles. The fourth-order valence-electron chi connectivity index (χ4n) is 3.29. The molecule has 7 nitrogen and oxygen atoms in total. The zero-order valence-corrected chi connectivity index (χ0v) is 17.3. The number of carbonyl (C=O) groups is 3. The normalized spacial score (nSPS) is 15.3. The van der Waals surface area contributed by atoms with E-state index in [2.05, 4.69) is 12.2 Å². The summed E-state index contributed by atoms with van der Waals surface area (Å²) in [6.45, 7) is 3.99. The van der Waals surface area contributed by atoms with Crippen LogP contribution in [0.5, 0.6) is 5.75 Å². The van der Waals surface area contributed by atoms with Crippen molar-refractivity contribution in [2.75, 3.05) is 18.5 Å². The lowest BCUT2D eigenvalue weighted by Gasteiger charge is -2.18. The molecule has 0 fully saturated rings. The monoisotopic (exact) mass is 416 g/mol. The topological polar surface area (TPSA) is 108 Å². The molecule has 1 aromatic carbocycles. The maximum absolute atomic E-state index is 12.5. The molecule has 1 atom stereocenters. The zero-order chi connectivity index (χ0) is 21.0. The van der Waals surface area contributed by atoms with Gasteiger partial charge in [-0.3, -0.25) is 9.59 Å². The van der Waals surface area contributed by atoms with Crippen LogP contribution < -0.4 is 15.8 Å². The molecule has 2 amide bonds. The number of ether oxygens (including phenoxy) is 2. The first-order chi connectivity index (χ1) is 13.9. The molecular formula is C21H24N2O5S. The molecule has 29 heavy (non-hydrogen) atoms. The quantitative estimate of drug-likeness (QED) is 0.674. The highest BCUT2D eigenvalue weighted by molar-refractivity contribution is 7.17. The molecule has 154 valence electrons. The van der Waals surface area contributed by atoms with E-state index in [0.717, 1.165) is 29.7 Å². The predicted molar refractivity (Wildman–Crippen MR) is 111 cm³/mol. The highest BCUT2D eigenvalue weighted by Gasteiger charge is 2.29. The van der Waals surface area contributed by atoms with Gasteiger partial charge < -0.3 is 20.5 Å². The fraction of sp³-hybridized carbons (Fsp3) is 0.381. The second-order valence-corrected chi connectivity index (χ2v) is 8.11. The molecular weight excluding hydrogens is 392 g/mol. The van der Waals surface area contributed by atoms with E-state index >= 15 is 0 Å². The zero-order valence-electron chi connectivity index (χ0n) is 16.4. The number of primary amides is 1. The van der Waals surface area contributed by atoms with Crippen molar-refractivity contribution in [1.82, 2.24) is 0 Å². The molecule has 0 bridgehead atoms. The summed E-state index contributed by atoms with van der Waals surface area (Å²) in [5, 5.41) is 3.32. The minimum atomic E-state index is -0.531. The molecule has 0 spiro atoms. The fourth-order valence-corrected chi connectivity index (χ4v) is 4.70. The lowest BCUT2D eigenvalue weighted by Crippen LogP contribution is -2.21. The number of fused-ring (bicyclic) bond motifs is 1. The van der Waals surface area contributed by atoms with Gasteiger partial charge in [0.2, 0.25) is 5.91 Å². The number of carbonyl (C=O) groups excluding carboxylic acids is 3. The van der Waals surface area contributed by atoms with Crippen LogP contribution in [0.25, 0.3) is 0 Å². The molecule has 0 radical (unpaired) electrons. The van der Waals surface area contributed by atoms with Gasteiger partial charge in [-0.15, -0.1) is 11.3 Å². The van der Waals surface area contributed by atoms with Crippen LogP contribution in [-0.2, 0) is 22.4 Å². The summed E-state index contributed by atoms with van der Waals surface area (Å²) < 4.78 is 10.7. The van der Waals surface area contributed by atoms with Gasteiger partial charge in [-0.2, -0.15) is 0 Å². The summed E-state index contributed by atoms with van der Waals surface area (Å²) in [4.78, 5) is 37.1. The Balaban J connectivity index is 1.70. The first-order valence-electron chi connectivity index (χ1n) is 9.53. The van der Waals surface area contributed by atoms with E-state index in [1.807, 2.05) is 0 Å². The number of anilines is 1. The third kappa shape index (κ3) is 4.95. The van der Waals surface area contributed by atoms with E-state index in [4.69, 9.17) is 15.2 Å². The minimum Gasteiger partial charge on any atom is -0.484 e. The average Bonchev–Trinajstić information content (AvgIpc) is 3.03. The van der Waals surface area contributed by atoms with Gasteiger partial charge in [-0.25, -0.2) is 4.79 Å². The summed E-state index contributed by atoms with van der Waals surface area (Å²) in [6, 6.07) is 6.21. The third-order valence-electron chi connectivity index (χ3n) is 4.75. The van der Waals surface area contributed by atoms with Crippen molar-refractivity contribution >= 4 is 34.1 Å². The Kier molecular flexibility index (Phi) is 6.53. The lowest BCUT2D eigenvalue weighted by atomic mass is 9.88. The molecule has 0 aliphatic heterocycles. The number of nitrogens with two attached hydrogens (primary N) is 1. The standard InChI is InChI=1S/C21H24N2O5S/c1-3-27-21(26)18-15-9-4-12(2)10-16(15)29-20(18)23-17(24)11-28-14-7-5-13(6-8-14)19(22)25/h5-8,12H,3-4,9-11H2,1-2H3,(H2,22,25)(H,23,24)/t12-/m0/s1. The summed E-state index contributed by atoms with van der Waals surface area (Å²) in [6.07, 6.45) is 2.71. The van der Waals surface area contributed by atoms with E-state index in [1.165, 1.54) is 23.5 Å². The Bertz CT molecular complexity index is 920. The van der Waals surface area contributed by atoms with Gasteiger partial charge in [-0.05, 0) is 61.9 Å². The number of amides is 2. The molecule has 3 N–H and O–H groups in total. The van der Waals surface area contributed by atoms with Gasteiger partial charge in [0, 0.05) is 10.4 Å². The van der Waals surface area contributed by atoms with Gasteiger partial charge >= 0.3 is 5.97 Å².